The van der Waals surface area contributed by atoms with Crippen molar-refractivity contribution in [1.29, 1.82) is 0 Å². The van der Waals surface area contributed by atoms with Crippen molar-refractivity contribution < 1.29 is 9.47 Å². The molecule has 3 unspecified atom stereocenters. The molecule has 1 fully saturated rings. The number of ether oxygens (including phenoxy) is 2. The third-order valence-electron chi connectivity index (χ3n) is 4.06. The van der Waals surface area contributed by atoms with Crippen LogP contribution in [0.25, 0.3) is 0 Å². The highest BCUT2D eigenvalue weighted by Gasteiger charge is 2.34. The molecule has 1 heterocycles. The highest BCUT2D eigenvalue weighted by atomic mass is 35.5. The predicted molar refractivity (Wildman–Crippen MR) is 82.6 cm³/mol. The van der Waals surface area contributed by atoms with E-state index in [1.807, 2.05) is 12.1 Å². The number of nitrogens with one attached hydrogen (secondary N) is 1. The summed E-state index contributed by atoms with van der Waals surface area (Å²) < 4.78 is 11.1. The van der Waals surface area contributed by atoms with Crippen molar-refractivity contribution in [3.8, 4) is 5.75 Å². The molecule has 1 aliphatic rings. The van der Waals surface area contributed by atoms with Gasteiger partial charge in [0.15, 0.2) is 0 Å². The van der Waals surface area contributed by atoms with Gasteiger partial charge < -0.3 is 14.8 Å². The molecule has 0 bridgehead atoms. The zero-order valence-electron chi connectivity index (χ0n) is 12.5. The van der Waals surface area contributed by atoms with Crippen molar-refractivity contribution >= 4 is 11.6 Å². The first-order valence-electron chi connectivity index (χ1n) is 7.39. The van der Waals surface area contributed by atoms with Crippen LogP contribution in [0.2, 0.25) is 5.02 Å². The average molecular weight is 298 g/mol. The Balaban J connectivity index is 2.28. The Hall–Kier alpha value is -0.770. The first-order valence-corrected chi connectivity index (χ1v) is 7.77. The molecule has 2 rings (SSSR count). The van der Waals surface area contributed by atoms with Crippen LogP contribution in [-0.4, -0.2) is 26.4 Å². The minimum atomic E-state index is 0.242. The summed E-state index contributed by atoms with van der Waals surface area (Å²) in [7, 11) is 1.66. The quantitative estimate of drug-likeness (QED) is 0.866. The van der Waals surface area contributed by atoms with Crippen LogP contribution in [0, 0.1) is 5.92 Å². The summed E-state index contributed by atoms with van der Waals surface area (Å²) >= 11 is 6.45. The zero-order chi connectivity index (χ0) is 14.5. The SMILES string of the molecule is CCNC(c1ccc(OC)cc1Cl)C1CCOC1CC. The topological polar surface area (TPSA) is 30.5 Å². The van der Waals surface area contributed by atoms with Crippen LogP contribution in [0.1, 0.15) is 38.3 Å². The van der Waals surface area contributed by atoms with Gasteiger partial charge in [0.05, 0.1) is 13.2 Å². The van der Waals surface area contributed by atoms with Crippen LogP contribution in [0.5, 0.6) is 5.75 Å². The summed E-state index contributed by atoms with van der Waals surface area (Å²) in [6, 6.07) is 6.17. The van der Waals surface area contributed by atoms with E-state index in [4.69, 9.17) is 21.1 Å². The molecule has 0 spiro atoms. The van der Waals surface area contributed by atoms with Gasteiger partial charge in [0.25, 0.3) is 0 Å². The lowest BCUT2D eigenvalue weighted by Gasteiger charge is -2.29. The molecule has 4 heteroatoms. The minimum Gasteiger partial charge on any atom is -0.497 e. The molecule has 1 aromatic rings. The average Bonchev–Trinajstić information content (AvgIpc) is 2.93. The fourth-order valence-corrected chi connectivity index (χ4v) is 3.35. The highest BCUT2D eigenvalue weighted by molar-refractivity contribution is 6.31. The first-order chi connectivity index (χ1) is 9.71. The van der Waals surface area contributed by atoms with Crippen molar-refractivity contribution in [1.82, 2.24) is 5.32 Å². The van der Waals surface area contributed by atoms with Gasteiger partial charge in [-0.2, -0.15) is 0 Å². The Bertz CT molecular complexity index is 438. The molecule has 0 amide bonds. The van der Waals surface area contributed by atoms with Gasteiger partial charge in [-0.3, -0.25) is 0 Å². The normalized spacial score (nSPS) is 23.8. The van der Waals surface area contributed by atoms with E-state index in [0.29, 0.717) is 12.0 Å². The lowest BCUT2D eigenvalue weighted by molar-refractivity contribution is 0.0776. The van der Waals surface area contributed by atoms with E-state index < -0.39 is 0 Å². The molecule has 1 N–H and O–H groups in total. The molecular weight excluding hydrogens is 274 g/mol. The molecule has 0 aliphatic carbocycles. The maximum atomic E-state index is 6.45. The second-order valence-electron chi connectivity index (χ2n) is 5.19. The molecule has 0 saturated carbocycles. The van der Waals surface area contributed by atoms with E-state index in [1.165, 1.54) is 0 Å². The summed E-state index contributed by atoms with van der Waals surface area (Å²) in [5.41, 5.74) is 1.14. The van der Waals surface area contributed by atoms with E-state index >= 15 is 0 Å². The van der Waals surface area contributed by atoms with Crippen molar-refractivity contribution in [2.75, 3.05) is 20.3 Å². The Morgan fingerprint density at radius 3 is 2.85 bits per heavy atom. The molecule has 3 nitrogen and oxygen atoms in total. The number of methoxy groups -OCH3 is 1. The number of hydrogen-bond donors (Lipinski definition) is 1. The van der Waals surface area contributed by atoms with E-state index in [0.717, 1.165) is 42.3 Å². The van der Waals surface area contributed by atoms with Gasteiger partial charge in [-0.25, -0.2) is 0 Å². The van der Waals surface area contributed by atoms with Crippen LogP contribution >= 0.6 is 11.6 Å². The Kier molecular flexibility index (Phi) is 5.70. The smallest absolute Gasteiger partial charge is 0.120 e. The van der Waals surface area contributed by atoms with Crippen molar-refractivity contribution in [3.63, 3.8) is 0 Å². The number of rotatable bonds is 6. The maximum absolute atomic E-state index is 6.45. The van der Waals surface area contributed by atoms with Gasteiger partial charge in [0.2, 0.25) is 0 Å². The molecule has 0 radical (unpaired) electrons. The monoisotopic (exact) mass is 297 g/mol. The maximum Gasteiger partial charge on any atom is 0.120 e. The highest BCUT2D eigenvalue weighted by Crippen LogP contribution is 2.38. The summed E-state index contributed by atoms with van der Waals surface area (Å²) in [4.78, 5) is 0. The van der Waals surface area contributed by atoms with Crippen molar-refractivity contribution in [3.05, 3.63) is 28.8 Å². The molecule has 1 aromatic carbocycles. The van der Waals surface area contributed by atoms with Gasteiger partial charge in [0, 0.05) is 23.6 Å². The Morgan fingerprint density at radius 2 is 2.25 bits per heavy atom. The summed E-state index contributed by atoms with van der Waals surface area (Å²) in [5, 5.41) is 4.34. The van der Waals surface area contributed by atoms with E-state index in [9.17, 15) is 0 Å². The van der Waals surface area contributed by atoms with E-state index in [2.05, 4.69) is 25.2 Å². The van der Waals surface area contributed by atoms with E-state index in [-0.39, 0.29) is 6.04 Å². The third kappa shape index (κ3) is 3.27. The lowest BCUT2D eigenvalue weighted by Crippen LogP contribution is -2.33. The van der Waals surface area contributed by atoms with Gasteiger partial charge >= 0.3 is 0 Å². The van der Waals surface area contributed by atoms with Gasteiger partial charge in [-0.05, 0) is 37.1 Å². The third-order valence-corrected chi connectivity index (χ3v) is 4.39. The molecule has 20 heavy (non-hydrogen) atoms. The molecule has 0 aromatic heterocycles. The zero-order valence-corrected chi connectivity index (χ0v) is 13.2. The fourth-order valence-electron chi connectivity index (χ4n) is 3.07. The number of hydrogen-bond acceptors (Lipinski definition) is 3. The molecule has 1 saturated heterocycles. The van der Waals surface area contributed by atoms with Crippen LogP contribution in [0.4, 0.5) is 0 Å². The van der Waals surface area contributed by atoms with Crippen molar-refractivity contribution in [2.45, 2.75) is 38.8 Å². The number of halogens is 1. The van der Waals surface area contributed by atoms with Gasteiger partial charge in [-0.15, -0.1) is 0 Å². The molecule has 112 valence electrons. The molecular formula is C16H24ClNO2. The van der Waals surface area contributed by atoms with Gasteiger partial charge in [0.1, 0.15) is 5.75 Å². The number of benzene rings is 1. The summed E-state index contributed by atoms with van der Waals surface area (Å²) in [6.45, 7) is 6.07. The standard InChI is InChI=1S/C16H24ClNO2/c1-4-15-13(8-9-20-15)16(18-5-2)12-7-6-11(19-3)10-14(12)17/h6-7,10,13,15-16,18H,4-5,8-9H2,1-3H3. The minimum absolute atomic E-state index is 0.242. The fraction of sp³-hybridized carbons (Fsp3) is 0.625. The Labute approximate surface area is 126 Å². The summed E-state index contributed by atoms with van der Waals surface area (Å²) in [5.74, 6) is 1.27. The van der Waals surface area contributed by atoms with Crippen LogP contribution in [0.3, 0.4) is 0 Å². The van der Waals surface area contributed by atoms with Crippen LogP contribution in [0.15, 0.2) is 18.2 Å². The molecule has 3 atom stereocenters. The van der Waals surface area contributed by atoms with E-state index in [1.54, 1.807) is 7.11 Å². The van der Waals surface area contributed by atoms with Crippen LogP contribution in [-0.2, 0) is 4.74 Å². The van der Waals surface area contributed by atoms with Gasteiger partial charge in [-0.1, -0.05) is 31.5 Å². The van der Waals surface area contributed by atoms with Crippen LogP contribution < -0.4 is 10.1 Å². The molecule has 1 aliphatic heterocycles. The second-order valence-corrected chi connectivity index (χ2v) is 5.60. The van der Waals surface area contributed by atoms with Crippen molar-refractivity contribution in [2.24, 2.45) is 5.92 Å². The first kappa shape index (κ1) is 15.6. The second kappa shape index (κ2) is 7.30. The largest absolute Gasteiger partial charge is 0.497 e. The lowest BCUT2D eigenvalue weighted by atomic mass is 9.86. The summed E-state index contributed by atoms with van der Waals surface area (Å²) in [6.07, 6.45) is 2.44. The Morgan fingerprint density at radius 1 is 1.45 bits per heavy atom. The predicted octanol–water partition coefficient (Wildman–Crippen LogP) is 3.81.